The Morgan fingerprint density at radius 3 is 2.32 bits per heavy atom. The molecule has 0 amide bonds. The van der Waals surface area contributed by atoms with Gasteiger partial charge in [0, 0.05) is 0 Å². The minimum atomic E-state index is -1.29. The molecule has 5 heteroatoms. The SMILES string of the molecule is C[C@H](CCCC(C(=O)O)C(=O)O)[C@H]1CC=C2C3=C(CC[C@@]21C)[C@@]1(C)CCC(O)C(C)(C)[C@@H]1CC3. The first-order valence-electron chi connectivity index (χ1n) is 13.4. The van der Waals surface area contributed by atoms with Crippen LogP contribution in [0.1, 0.15) is 98.8 Å². The molecule has 0 aromatic heterocycles. The first kappa shape index (κ1) is 25.5. The summed E-state index contributed by atoms with van der Waals surface area (Å²) in [4.78, 5) is 22.4. The summed E-state index contributed by atoms with van der Waals surface area (Å²) in [5.41, 5.74) is 5.16. The molecule has 1 fully saturated rings. The van der Waals surface area contributed by atoms with Crippen LogP contribution in [0.3, 0.4) is 0 Å². The molecule has 34 heavy (non-hydrogen) atoms. The molecule has 4 aliphatic rings. The fourth-order valence-corrected chi connectivity index (χ4v) is 8.77. The normalized spacial score (nSPS) is 37.5. The molecule has 1 unspecified atom stereocenters. The van der Waals surface area contributed by atoms with Crippen molar-refractivity contribution >= 4 is 11.9 Å². The molecule has 4 aliphatic carbocycles. The lowest BCUT2D eigenvalue weighted by Crippen LogP contribution is -2.53. The number of carboxylic acid groups (broad SMARTS) is 2. The molecule has 5 nitrogen and oxygen atoms in total. The summed E-state index contributed by atoms with van der Waals surface area (Å²) in [6.45, 7) is 11.7. The first-order valence-corrected chi connectivity index (χ1v) is 13.4. The largest absolute Gasteiger partial charge is 0.481 e. The molecular weight excluding hydrogens is 428 g/mol. The third-order valence-electron chi connectivity index (χ3n) is 10.9. The van der Waals surface area contributed by atoms with E-state index in [0.29, 0.717) is 24.2 Å². The van der Waals surface area contributed by atoms with Crippen molar-refractivity contribution in [3.63, 3.8) is 0 Å². The van der Waals surface area contributed by atoms with Crippen LogP contribution >= 0.6 is 0 Å². The van der Waals surface area contributed by atoms with Crippen molar-refractivity contribution in [2.24, 2.45) is 39.9 Å². The Balaban J connectivity index is 1.50. The molecule has 6 atom stereocenters. The van der Waals surface area contributed by atoms with Gasteiger partial charge in [-0.1, -0.05) is 59.1 Å². The second-order valence-corrected chi connectivity index (χ2v) is 12.9. The number of carbonyl (C=O) groups is 2. The fourth-order valence-electron chi connectivity index (χ4n) is 8.77. The van der Waals surface area contributed by atoms with E-state index in [2.05, 4.69) is 40.7 Å². The zero-order chi connectivity index (χ0) is 25.1. The molecule has 1 saturated carbocycles. The quantitative estimate of drug-likeness (QED) is 0.382. The summed E-state index contributed by atoms with van der Waals surface area (Å²) >= 11 is 0. The van der Waals surface area contributed by atoms with Crippen molar-refractivity contribution in [1.82, 2.24) is 0 Å². The van der Waals surface area contributed by atoms with Crippen LogP contribution in [0.2, 0.25) is 0 Å². The Bertz CT molecular complexity index is 899. The zero-order valence-electron chi connectivity index (χ0n) is 21.7. The van der Waals surface area contributed by atoms with Crippen LogP contribution in [0.4, 0.5) is 0 Å². The van der Waals surface area contributed by atoms with Crippen molar-refractivity contribution in [2.75, 3.05) is 0 Å². The Kier molecular flexibility index (Phi) is 6.59. The van der Waals surface area contributed by atoms with Gasteiger partial charge < -0.3 is 15.3 Å². The highest BCUT2D eigenvalue weighted by Gasteiger charge is 2.57. The Labute approximate surface area is 204 Å². The second kappa shape index (κ2) is 8.80. The van der Waals surface area contributed by atoms with Gasteiger partial charge in [0.05, 0.1) is 6.10 Å². The molecule has 0 aliphatic heterocycles. The van der Waals surface area contributed by atoms with E-state index in [0.717, 1.165) is 51.4 Å². The summed E-state index contributed by atoms with van der Waals surface area (Å²) in [7, 11) is 0. The summed E-state index contributed by atoms with van der Waals surface area (Å²) < 4.78 is 0. The number of aliphatic carboxylic acids is 2. The van der Waals surface area contributed by atoms with Gasteiger partial charge in [0.15, 0.2) is 5.92 Å². The molecule has 0 aromatic carbocycles. The van der Waals surface area contributed by atoms with E-state index in [1.807, 2.05) is 0 Å². The molecule has 190 valence electrons. The van der Waals surface area contributed by atoms with Crippen LogP contribution in [-0.4, -0.2) is 33.4 Å². The average Bonchev–Trinajstić information content (AvgIpc) is 3.11. The monoisotopic (exact) mass is 472 g/mol. The lowest BCUT2D eigenvalue weighted by molar-refractivity contribution is -0.154. The minimum Gasteiger partial charge on any atom is -0.481 e. The van der Waals surface area contributed by atoms with Crippen LogP contribution in [0.25, 0.3) is 0 Å². The van der Waals surface area contributed by atoms with Gasteiger partial charge in [-0.2, -0.15) is 0 Å². The number of fused-ring (bicyclic) bond motifs is 4. The van der Waals surface area contributed by atoms with Gasteiger partial charge in [0.2, 0.25) is 0 Å². The molecule has 4 rings (SSSR count). The third kappa shape index (κ3) is 3.86. The lowest BCUT2D eigenvalue weighted by Gasteiger charge is -2.59. The number of aliphatic hydroxyl groups excluding tert-OH is 1. The predicted octanol–water partition coefficient (Wildman–Crippen LogP) is 6.22. The van der Waals surface area contributed by atoms with E-state index < -0.39 is 17.9 Å². The predicted molar refractivity (Wildman–Crippen MR) is 132 cm³/mol. The smallest absolute Gasteiger partial charge is 0.317 e. The summed E-state index contributed by atoms with van der Waals surface area (Å²) in [6.07, 6.45) is 11.6. The van der Waals surface area contributed by atoms with Crippen molar-refractivity contribution < 1.29 is 24.9 Å². The maximum atomic E-state index is 11.2. The molecule has 3 N–H and O–H groups in total. The van der Waals surface area contributed by atoms with Gasteiger partial charge in [-0.3, -0.25) is 9.59 Å². The van der Waals surface area contributed by atoms with Crippen molar-refractivity contribution in [3.05, 3.63) is 22.8 Å². The van der Waals surface area contributed by atoms with Crippen molar-refractivity contribution in [2.45, 2.75) is 105 Å². The van der Waals surface area contributed by atoms with Gasteiger partial charge in [-0.05, 0) is 96.5 Å². The van der Waals surface area contributed by atoms with Gasteiger partial charge >= 0.3 is 11.9 Å². The molecule has 0 spiro atoms. The standard InChI is InChI=1S/C29H44O5/c1-17(7-6-8-19(25(31)32)26(33)34)20-10-11-21-18-9-12-23-27(2,3)24(30)14-16-29(23,5)22(18)13-15-28(20,21)4/h11,17,19-20,23-24,30H,6-10,12-16H2,1-5H3,(H,31,32)(H,33,34)/t17-,20-,23+,24?,28-,29-/m1/s1. The highest BCUT2D eigenvalue weighted by Crippen LogP contribution is 2.66. The Morgan fingerprint density at radius 1 is 1.00 bits per heavy atom. The number of rotatable bonds is 7. The summed E-state index contributed by atoms with van der Waals surface area (Å²) in [6, 6.07) is 0. The molecule has 0 aromatic rings. The summed E-state index contributed by atoms with van der Waals surface area (Å²) in [5.74, 6) is -2.27. The van der Waals surface area contributed by atoms with Crippen LogP contribution in [-0.2, 0) is 9.59 Å². The van der Waals surface area contributed by atoms with Gasteiger partial charge in [0.25, 0.3) is 0 Å². The Morgan fingerprint density at radius 2 is 1.68 bits per heavy atom. The minimum absolute atomic E-state index is 0.0445. The van der Waals surface area contributed by atoms with Gasteiger partial charge in [-0.15, -0.1) is 0 Å². The first-order chi connectivity index (χ1) is 15.8. The molecule has 0 saturated heterocycles. The third-order valence-corrected chi connectivity index (χ3v) is 10.9. The number of allylic oxidation sites excluding steroid dienone is 4. The van der Waals surface area contributed by atoms with E-state index in [1.54, 1.807) is 16.7 Å². The topological polar surface area (TPSA) is 94.8 Å². The van der Waals surface area contributed by atoms with Crippen LogP contribution in [0.15, 0.2) is 22.8 Å². The van der Waals surface area contributed by atoms with Crippen molar-refractivity contribution in [3.8, 4) is 0 Å². The highest BCUT2D eigenvalue weighted by molar-refractivity contribution is 5.92. The number of aliphatic hydroxyl groups is 1. The lowest BCUT2D eigenvalue weighted by atomic mass is 9.46. The van der Waals surface area contributed by atoms with Crippen molar-refractivity contribution in [1.29, 1.82) is 0 Å². The second-order valence-electron chi connectivity index (χ2n) is 12.9. The molecule has 0 bridgehead atoms. The van der Waals surface area contributed by atoms with E-state index >= 15 is 0 Å². The van der Waals surface area contributed by atoms with Crippen LogP contribution in [0, 0.1) is 39.9 Å². The number of hydrogen-bond donors (Lipinski definition) is 3. The molecular formula is C29H44O5. The number of carboxylic acids is 2. The zero-order valence-corrected chi connectivity index (χ0v) is 21.7. The van der Waals surface area contributed by atoms with E-state index in [4.69, 9.17) is 10.2 Å². The van der Waals surface area contributed by atoms with Gasteiger partial charge in [-0.25, -0.2) is 0 Å². The highest BCUT2D eigenvalue weighted by atomic mass is 16.4. The summed E-state index contributed by atoms with van der Waals surface area (Å²) in [5, 5.41) is 29.1. The van der Waals surface area contributed by atoms with E-state index in [1.165, 1.54) is 0 Å². The average molecular weight is 473 g/mol. The van der Waals surface area contributed by atoms with E-state index in [9.17, 15) is 14.7 Å². The van der Waals surface area contributed by atoms with Crippen LogP contribution in [0.5, 0.6) is 0 Å². The maximum absolute atomic E-state index is 11.2. The van der Waals surface area contributed by atoms with Gasteiger partial charge in [0.1, 0.15) is 0 Å². The molecule has 0 radical (unpaired) electrons. The fraction of sp³-hybridized carbons (Fsp3) is 0.793. The Hall–Kier alpha value is -1.62. The maximum Gasteiger partial charge on any atom is 0.317 e. The number of hydrogen-bond acceptors (Lipinski definition) is 3. The van der Waals surface area contributed by atoms with E-state index in [-0.39, 0.29) is 28.8 Å². The molecule has 0 heterocycles. The van der Waals surface area contributed by atoms with Crippen LogP contribution < -0.4 is 0 Å².